The number of methoxy groups -OCH3 is 1. The topological polar surface area (TPSA) is 102 Å². The fourth-order valence-corrected chi connectivity index (χ4v) is 6.96. The first-order valence-electron chi connectivity index (χ1n) is 12.7. The number of likely N-dealkylation sites (N-methyl/N-ethyl adjacent to an activating group) is 1. The van der Waals surface area contributed by atoms with Crippen LogP contribution in [0.2, 0.25) is 0 Å². The first-order chi connectivity index (χ1) is 17.7. The maximum absolute atomic E-state index is 14.2. The number of hydrogen-bond acceptors (Lipinski definition) is 7. The molecule has 0 amide bonds. The number of esters is 1. The van der Waals surface area contributed by atoms with Gasteiger partial charge in [0.15, 0.2) is 0 Å². The Balaban J connectivity index is 1.42. The van der Waals surface area contributed by atoms with Crippen LogP contribution in [0.1, 0.15) is 60.0 Å². The summed E-state index contributed by atoms with van der Waals surface area (Å²) < 4.78 is 54.5. The van der Waals surface area contributed by atoms with E-state index in [0.717, 1.165) is 50.0 Å². The van der Waals surface area contributed by atoms with E-state index in [4.69, 9.17) is 9.47 Å². The summed E-state index contributed by atoms with van der Waals surface area (Å²) in [6.45, 7) is 4.11. The van der Waals surface area contributed by atoms with Gasteiger partial charge in [-0.3, -0.25) is 14.4 Å². The van der Waals surface area contributed by atoms with Gasteiger partial charge in [0.2, 0.25) is 0 Å². The summed E-state index contributed by atoms with van der Waals surface area (Å²) in [5.74, 6) is -0.225. The summed E-state index contributed by atoms with van der Waals surface area (Å²) in [5.41, 5.74) is 1.12. The highest BCUT2D eigenvalue weighted by Gasteiger charge is 2.45. The number of anilines is 1. The van der Waals surface area contributed by atoms with Gasteiger partial charge in [-0.25, -0.2) is 17.6 Å². The van der Waals surface area contributed by atoms with Crippen molar-refractivity contribution in [3.8, 4) is 5.75 Å². The molecule has 10 heteroatoms. The number of likely N-dealkylation sites (tertiary alicyclic amines) is 1. The third-order valence-corrected chi connectivity index (χ3v) is 9.15. The zero-order valence-electron chi connectivity index (χ0n) is 21.0. The van der Waals surface area contributed by atoms with Crippen molar-refractivity contribution >= 4 is 27.5 Å². The Morgan fingerprint density at radius 3 is 2.81 bits per heavy atom. The molecule has 1 saturated carbocycles. The van der Waals surface area contributed by atoms with Crippen LogP contribution in [0.3, 0.4) is 0 Å². The summed E-state index contributed by atoms with van der Waals surface area (Å²) in [4.78, 5) is 27.5. The number of aryl methyl sites for hydroxylation is 1. The van der Waals surface area contributed by atoms with Crippen molar-refractivity contribution in [1.29, 1.82) is 0 Å². The fraction of sp³-hybridized carbons (Fsp3) is 0.481. The Bertz CT molecular complexity index is 1340. The van der Waals surface area contributed by atoms with Crippen molar-refractivity contribution in [2.45, 2.75) is 55.9 Å². The zero-order chi connectivity index (χ0) is 26.3. The molecule has 37 heavy (non-hydrogen) atoms. The largest absolute Gasteiger partial charge is 0.492 e. The van der Waals surface area contributed by atoms with Gasteiger partial charge in [0, 0.05) is 12.3 Å². The third kappa shape index (κ3) is 4.96. The number of ketones is 1. The number of fused-ring (bicyclic) bond motifs is 3. The number of halogens is 1. The van der Waals surface area contributed by atoms with Crippen molar-refractivity contribution < 1.29 is 31.9 Å². The van der Waals surface area contributed by atoms with Crippen LogP contribution in [0.25, 0.3) is 0 Å². The summed E-state index contributed by atoms with van der Waals surface area (Å²) in [7, 11) is -3.01. The van der Waals surface area contributed by atoms with Crippen molar-refractivity contribution in [2.75, 3.05) is 31.5 Å². The Hall–Kier alpha value is -2.98. The Kier molecular flexibility index (Phi) is 6.97. The highest BCUT2D eigenvalue weighted by molar-refractivity contribution is 7.92. The minimum absolute atomic E-state index is 0.0219. The van der Waals surface area contributed by atoms with E-state index in [0.29, 0.717) is 24.2 Å². The van der Waals surface area contributed by atoms with E-state index in [2.05, 4.69) is 9.62 Å². The van der Waals surface area contributed by atoms with Gasteiger partial charge in [-0.15, -0.1) is 0 Å². The molecule has 2 aliphatic heterocycles. The number of ether oxygens (including phenoxy) is 2. The average molecular weight is 531 g/mol. The first-order valence-corrected chi connectivity index (χ1v) is 14.2. The quantitative estimate of drug-likeness (QED) is 0.491. The van der Waals surface area contributed by atoms with Gasteiger partial charge in [-0.05, 0) is 80.1 Å². The van der Waals surface area contributed by atoms with Gasteiger partial charge in [-0.1, -0.05) is 13.0 Å². The second kappa shape index (κ2) is 10.1. The van der Waals surface area contributed by atoms with Crippen LogP contribution in [0.5, 0.6) is 5.75 Å². The maximum Gasteiger partial charge on any atom is 0.343 e. The lowest BCUT2D eigenvalue weighted by molar-refractivity contribution is -0.123. The highest BCUT2D eigenvalue weighted by atomic mass is 32.2. The molecule has 0 aromatic heterocycles. The van der Waals surface area contributed by atoms with E-state index in [-0.39, 0.29) is 46.4 Å². The van der Waals surface area contributed by atoms with Gasteiger partial charge < -0.3 is 9.47 Å². The van der Waals surface area contributed by atoms with Crippen LogP contribution in [-0.4, -0.2) is 57.9 Å². The molecule has 1 aliphatic carbocycles. The number of nitrogens with zero attached hydrogens (tertiary/aromatic N) is 1. The predicted octanol–water partition coefficient (Wildman–Crippen LogP) is 3.90. The van der Waals surface area contributed by atoms with Crippen molar-refractivity contribution in [3.63, 3.8) is 0 Å². The molecular weight excluding hydrogens is 499 g/mol. The molecule has 2 fully saturated rings. The molecule has 0 bridgehead atoms. The number of benzene rings is 2. The molecule has 1 N–H and O–H groups in total. The first kappa shape index (κ1) is 25.7. The van der Waals surface area contributed by atoms with Gasteiger partial charge in [0.1, 0.15) is 22.9 Å². The van der Waals surface area contributed by atoms with Gasteiger partial charge in [0.05, 0.1) is 30.3 Å². The Labute approximate surface area is 216 Å². The molecule has 2 unspecified atom stereocenters. The minimum Gasteiger partial charge on any atom is -0.492 e. The number of carbonyl (C=O) groups is 2. The van der Waals surface area contributed by atoms with Crippen LogP contribution in [0, 0.1) is 11.7 Å². The molecule has 2 aromatic carbocycles. The summed E-state index contributed by atoms with van der Waals surface area (Å²) >= 11 is 0. The maximum atomic E-state index is 14.2. The Morgan fingerprint density at radius 1 is 1.24 bits per heavy atom. The summed E-state index contributed by atoms with van der Waals surface area (Å²) in [6.07, 6.45) is 2.88. The lowest BCUT2D eigenvalue weighted by atomic mass is 10.0. The smallest absolute Gasteiger partial charge is 0.343 e. The van der Waals surface area contributed by atoms with Crippen molar-refractivity contribution in [3.05, 3.63) is 52.8 Å². The number of Topliss-reactive ketones (excluding diaryl/α,β-unsaturated/α-hetero) is 1. The predicted molar refractivity (Wildman–Crippen MR) is 135 cm³/mol. The number of sulfonamides is 1. The van der Waals surface area contributed by atoms with Gasteiger partial charge >= 0.3 is 5.97 Å². The summed E-state index contributed by atoms with van der Waals surface area (Å²) in [5, 5.41) is 0. The average Bonchev–Trinajstić information content (AvgIpc) is 3.53. The van der Waals surface area contributed by atoms with Crippen LogP contribution < -0.4 is 9.46 Å². The minimum atomic E-state index is -4.24. The van der Waals surface area contributed by atoms with Crippen molar-refractivity contribution in [2.24, 2.45) is 5.92 Å². The highest BCUT2D eigenvalue weighted by Crippen LogP contribution is 2.55. The molecule has 198 valence electrons. The molecule has 5 rings (SSSR count). The summed E-state index contributed by atoms with van der Waals surface area (Å²) in [6, 6.07) is 6.54. The molecule has 3 atom stereocenters. The lowest BCUT2D eigenvalue weighted by Crippen LogP contribution is -2.36. The van der Waals surface area contributed by atoms with Crippen molar-refractivity contribution in [1.82, 2.24) is 4.90 Å². The molecular formula is C27H31FN2O6S. The van der Waals surface area contributed by atoms with Crippen LogP contribution in [-0.2, 0) is 26.0 Å². The number of rotatable bonds is 9. The normalized spacial score (nSPS) is 22.5. The van der Waals surface area contributed by atoms with E-state index in [1.165, 1.54) is 13.2 Å². The zero-order valence-corrected chi connectivity index (χ0v) is 21.8. The molecule has 3 aliphatic rings. The number of hydrogen-bond donors (Lipinski definition) is 1. The number of nitrogens with one attached hydrogen (secondary N) is 1. The van der Waals surface area contributed by atoms with Gasteiger partial charge in [-0.2, -0.15) is 0 Å². The molecule has 0 radical (unpaired) electrons. The lowest BCUT2D eigenvalue weighted by Gasteiger charge is -2.22. The molecule has 2 heterocycles. The molecule has 8 nitrogen and oxygen atoms in total. The van der Waals surface area contributed by atoms with Crippen LogP contribution in [0.4, 0.5) is 10.1 Å². The van der Waals surface area contributed by atoms with E-state index < -0.39 is 21.8 Å². The fourth-order valence-electron chi connectivity index (χ4n) is 5.64. The monoisotopic (exact) mass is 530 g/mol. The van der Waals surface area contributed by atoms with Crippen LogP contribution in [0.15, 0.2) is 35.2 Å². The van der Waals surface area contributed by atoms with E-state index in [1.807, 2.05) is 6.92 Å². The molecule has 2 aromatic rings. The Morgan fingerprint density at radius 2 is 2.05 bits per heavy atom. The SMILES string of the molecule is CCN1CCC[C@@H]1C(=O)CCc1cc(F)ccc1S(=O)(=O)Nc1ccc2c(c1C(=O)OC)OCC1CC21. The molecule has 1 saturated heterocycles. The van der Waals surface area contributed by atoms with Gasteiger partial charge in [0.25, 0.3) is 10.0 Å². The second-order valence-corrected chi connectivity index (χ2v) is 11.6. The standard InChI is InChI=1S/C27H31FN2O6S/c1-3-30-12-4-5-22(30)23(31)10-6-16-13-18(28)7-11-24(16)37(33,34)29-21-9-8-19-20-14-17(20)15-36-26(19)25(21)27(32)35-2/h7-9,11,13,17,20,22,29H,3-6,10,12,14-15H2,1-2H3/t17?,20?,22-/m1/s1. The van der Waals surface area contributed by atoms with E-state index in [9.17, 15) is 22.4 Å². The number of carbonyl (C=O) groups excluding carboxylic acids is 2. The van der Waals surface area contributed by atoms with E-state index in [1.54, 1.807) is 12.1 Å². The van der Waals surface area contributed by atoms with E-state index >= 15 is 0 Å². The molecule has 0 spiro atoms. The van der Waals surface area contributed by atoms with Crippen LogP contribution >= 0.6 is 0 Å². The second-order valence-electron chi connectivity index (χ2n) is 9.92. The third-order valence-electron chi connectivity index (χ3n) is 7.68.